The van der Waals surface area contributed by atoms with Crippen molar-refractivity contribution in [3.8, 4) is 0 Å². The van der Waals surface area contributed by atoms with Crippen LogP contribution in [0.4, 0.5) is 0 Å². The molecule has 2 aliphatic heterocycles. The van der Waals surface area contributed by atoms with E-state index >= 15 is 0 Å². The van der Waals surface area contributed by atoms with E-state index in [1.807, 2.05) is 24.3 Å². The van der Waals surface area contributed by atoms with Gasteiger partial charge < -0.3 is 10.5 Å². The molecule has 6 heteroatoms. The quantitative estimate of drug-likeness (QED) is 0.858. The number of hydrogen-bond acceptors (Lipinski definition) is 5. The maximum absolute atomic E-state index is 5.90. The molecular weight excluding hydrogens is 264 g/mol. The first-order valence-corrected chi connectivity index (χ1v) is 6.85. The average Bonchev–Trinajstić information content (AvgIpc) is 2.90. The smallest absolute Gasteiger partial charge is 0.246 e. The van der Waals surface area contributed by atoms with Gasteiger partial charge in [0.15, 0.2) is 0 Å². The number of nitrogens with one attached hydrogen (secondary N) is 1. The first-order chi connectivity index (χ1) is 9.22. The van der Waals surface area contributed by atoms with Gasteiger partial charge in [0.05, 0.1) is 0 Å². The molecule has 0 radical (unpaired) electrons. The van der Waals surface area contributed by atoms with Gasteiger partial charge in [-0.25, -0.2) is 4.90 Å². The van der Waals surface area contributed by atoms with Crippen LogP contribution < -0.4 is 11.2 Å². The van der Waals surface area contributed by atoms with Gasteiger partial charge >= 0.3 is 0 Å². The summed E-state index contributed by atoms with van der Waals surface area (Å²) >= 11 is 5.87. The van der Waals surface area contributed by atoms with Crippen molar-refractivity contribution in [1.82, 2.24) is 10.3 Å². The predicted octanol–water partition coefficient (Wildman–Crippen LogP) is 1.33. The number of nitrogens with zero attached hydrogens (tertiary/aromatic N) is 2. The minimum Gasteiger partial charge on any atom is -0.437 e. The molecule has 1 aromatic rings. The summed E-state index contributed by atoms with van der Waals surface area (Å²) in [4.78, 5) is 2.22. The summed E-state index contributed by atoms with van der Waals surface area (Å²) in [6.07, 6.45) is 1.81. The van der Waals surface area contributed by atoms with Crippen LogP contribution in [-0.4, -0.2) is 36.3 Å². The third kappa shape index (κ3) is 2.83. The highest BCUT2D eigenvalue weighted by Gasteiger charge is 2.29. The van der Waals surface area contributed by atoms with Crippen LogP contribution in [-0.2, 0) is 4.74 Å². The first kappa shape index (κ1) is 12.7. The molecule has 0 saturated carbocycles. The standard InChI is InChI=1S/C13H17ClN4O/c14-10-3-1-9(2-4-10)12-16-17-13(19-12)18-7-5-11(15)6-8-18/h1-4,11,13,17H,5-8,15H2. The molecule has 1 atom stereocenters. The van der Waals surface area contributed by atoms with Crippen LogP contribution in [0.5, 0.6) is 0 Å². The van der Waals surface area contributed by atoms with Gasteiger partial charge in [0, 0.05) is 29.7 Å². The third-order valence-electron chi connectivity index (χ3n) is 3.50. The van der Waals surface area contributed by atoms with Gasteiger partial charge in [-0.15, -0.1) is 5.10 Å². The van der Waals surface area contributed by atoms with E-state index in [9.17, 15) is 0 Å². The second-order valence-electron chi connectivity index (χ2n) is 4.90. The Morgan fingerprint density at radius 1 is 1.26 bits per heavy atom. The van der Waals surface area contributed by atoms with Crippen LogP contribution in [0.2, 0.25) is 5.02 Å². The second-order valence-corrected chi connectivity index (χ2v) is 5.33. The predicted molar refractivity (Wildman–Crippen MR) is 74.8 cm³/mol. The monoisotopic (exact) mass is 280 g/mol. The van der Waals surface area contributed by atoms with Crippen molar-refractivity contribution >= 4 is 17.5 Å². The van der Waals surface area contributed by atoms with Gasteiger partial charge in [-0.2, -0.15) is 0 Å². The molecule has 102 valence electrons. The number of hydrazone groups is 1. The molecule has 0 aliphatic carbocycles. The van der Waals surface area contributed by atoms with Crippen LogP contribution in [0.25, 0.3) is 0 Å². The lowest BCUT2D eigenvalue weighted by molar-refractivity contribution is -0.00478. The van der Waals surface area contributed by atoms with Crippen molar-refractivity contribution in [2.45, 2.75) is 25.2 Å². The van der Waals surface area contributed by atoms with Gasteiger partial charge in [-0.05, 0) is 37.1 Å². The van der Waals surface area contributed by atoms with Crippen LogP contribution >= 0.6 is 11.6 Å². The molecule has 2 aliphatic rings. The molecule has 1 fully saturated rings. The van der Waals surface area contributed by atoms with Gasteiger partial charge in [0.25, 0.3) is 0 Å². The summed E-state index contributed by atoms with van der Waals surface area (Å²) in [7, 11) is 0. The van der Waals surface area contributed by atoms with E-state index in [-0.39, 0.29) is 6.35 Å². The summed E-state index contributed by atoms with van der Waals surface area (Å²) in [5.41, 5.74) is 9.85. The summed E-state index contributed by atoms with van der Waals surface area (Å²) < 4.78 is 5.84. The van der Waals surface area contributed by atoms with Crippen LogP contribution in [0.1, 0.15) is 18.4 Å². The van der Waals surface area contributed by atoms with Crippen molar-refractivity contribution in [3.63, 3.8) is 0 Å². The number of hydrogen-bond donors (Lipinski definition) is 2. The van der Waals surface area contributed by atoms with Gasteiger partial charge in [0.1, 0.15) is 0 Å². The molecular formula is C13H17ClN4O. The highest BCUT2D eigenvalue weighted by Crippen LogP contribution is 2.17. The molecule has 0 bridgehead atoms. The number of nitrogens with two attached hydrogens (primary N) is 1. The highest BCUT2D eigenvalue weighted by atomic mass is 35.5. The maximum Gasteiger partial charge on any atom is 0.246 e. The van der Waals surface area contributed by atoms with Gasteiger partial charge in [-0.3, -0.25) is 5.43 Å². The fourth-order valence-electron chi connectivity index (χ4n) is 2.31. The van der Waals surface area contributed by atoms with E-state index in [0.29, 0.717) is 17.0 Å². The molecule has 5 nitrogen and oxygen atoms in total. The number of likely N-dealkylation sites (tertiary alicyclic amines) is 1. The van der Waals surface area contributed by atoms with E-state index in [0.717, 1.165) is 31.5 Å². The van der Waals surface area contributed by atoms with Crippen LogP contribution in [0, 0.1) is 0 Å². The Labute approximate surface area is 117 Å². The Bertz CT molecular complexity index is 468. The second kappa shape index (κ2) is 5.36. The Balaban J connectivity index is 1.61. The largest absolute Gasteiger partial charge is 0.437 e. The number of benzene rings is 1. The van der Waals surface area contributed by atoms with Crippen molar-refractivity contribution in [2.24, 2.45) is 10.8 Å². The van der Waals surface area contributed by atoms with Crippen LogP contribution in [0.15, 0.2) is 29.4 Å². The van der Waals surface area contributed by atoms with E-state index in [1.54, 1.807) is 0 Å². The lowest BCUT2D eigenvalue weighted by Gasteiger charge is -2.33. The van der Waals surface area contributed by atoms with E-state index < -0.39 is 0 Å². The molecule has 0 spiro atoms. The minimum absolute atomic E-state index is 0.182. The highest BCUT2D eigenvalue weighted by molar-refractivity contribution is 6.30. The molecule has 1 saturated heterocycles. The molecule has 3 rings (SSSR count). The number of piperidine rings is 1. The first-order valence-electron chi connectivity index (χ1n) is 6.48. The Hall–Kier alpha value is -1.30. The lowest BCUT2D eigenvalue weighted by atomic mass is 10.1. The number of rotatable bonds is 2. The Kier molecular flexibility index (Phi) is 3.59. The fraction of sp³-hybridized carbons (Fsp3) is 0.462. The maximum atomic E-state index is 5.90. The van der Waals surface area contributed by atoms with E-state index in [1.165, 1.54) is 0 Å². The number of ether oxygens (including phenoxy) is 1. The topological polar surface area (TPSA) is 62.9 Å². The average molecular weight is 281 g/mol. The van der Waals surface area contributed by atoms with E-state index in [2.05, 4.69) is 15.4 Å². The van der Waals surface area contributed by atoms with Gasteiger partial charge in [0.2, 0.25) is 12.2 Å². The normalized spacial score (nSPS) is 24.7. The van der Waals surface area contributed by atoms with Crippen molar-refractivity contribution in [2.75, 3.05) is 13.1 Å². The molecule has 3 N–H and O–H groups in total. The Morgan fingerprint density at radius 2 is 1.95 bits per heavy atom. The van der Waals surface area contributed by atoms with Crippen molar-refractivity contribution in [1.29, 1.82) is 0 Å². The minimum atomic E-state index is -0.182. The van der Waals surface area contributed by atoms with Crippen molar-refractivity contribution < 1.29 is 4.74 Å². The fourth-order valence-corrected chi connectivity index (χ4v) is 2.43. The number of halogens is 1. The lowest BCUT2D eigenvalue weighted by Crippen LogP contribution is -2.49. The molecule has 1 unspecified atom stereocenters. The summed E-state index contributed by atoms with van der Waals surface area (Å²) in [6, 6.07) is 7.77. The van der Waals surface area contributed by atoms with Gasteiger partial charge in [-0.1, -0.05) is 11.6 Å². The molecule has 1 aromatic carbocycles. The van der Waals surface area contributed by atoms with E-state index in [4.69, 9.17) is 22.1 Å². The van der Waals surface area contributed by atoms with Crippen LogP contribution in [0.3, 0.4) is 0 Å². The summed E-state index contributed by atoms with van der Waals surface area (Å²) in [5.74, 6) is 0.608. The summed E-state index contributed by atoms with van der Waals surface area (Å²) in [5, 5.41) is 4.95. The molecule has 19 heavy (non-hydrogen) atoms. The molecule has 0 amide bonds. The SMILES string of the molecule is NC1CCN(C2NN=C(c3ccc(Cl)cc3)O2)CC1. The molecule has 0 aromatic heterocycles. The molecule has 2 heterocycles. The summed E-state index contributed by atoms with van der Waals surface area (Å²) in [6.45, 7) is 1.87. The van der Waals surface area contributed by atoms with Crippen molar-refractivity contribution in [3.05, 3.63) is 34.9 Å². The third-order valence-corrected chi connectivity index (χ3v) is 3.75. The zero-order chi connectivity index (χ0) is 13.2. The zero-order valence-electron chi connectivity index (χ0n) is 10.6. The Morgan fingerprint density at radius 3 is 2.63 bits per heavy atom. The zero-order valence-corrected chi connectivity index (χ0v) is 11.3.